The zero-order valence-electron chi connectivity index (χ0n) is 18.3. The van der Waals surface area contributed by atoms with Crippen LogP contribution in [-0.4, -0.2) is 33.5 Å². The molecule has 0 aliphatic heterocycles. The number of carbonyl (C=O) groups excluding carboxylic acids is 1. The van der Waals surface area contributed by atoms with Crippen molar-refractivity contribution in [1.29, 1.82) is 0 Å². The van der Waals surface area contributed by atoms with Crippen molar-refractivity contribution < 1.29 is 22.7 Å². The lowest BCUT2D eigenvalue weighted by molar-refractivity contribution is 0.0471. The number of nitrogens with zero attached hydrogens (tertiary/aromatic N) is 2. The first kappa shape index (κ1) is 22.8. The lowest BCUT2D eigenvalue weighted by Crippen LogP contribution is -2.27. The van der Waals surface area contributed by atoms with Gasteiger partial charge in [0.15, 0.2) is 0 Å². The second-order valence-electron chi connectivity index (χ2n) is 7.27. The van der Waals surface area contributed by atoms with Crippen LogP contribution >= 0.6 is 11.3 Å². The standard InChI is InChI=1S/C24H22N2O5S2/c1-16-12-13-17(33(28,29)26(2)20-9-5-6-10-21(20)30-3)14-18(16)24(27)31-15-23-25-19-8-4-7-11-22(19)32-23/h4-14H,15H2,1-3H3. The van der Waals surface area contributed by atoms with Crippen LogP contribution in [0.2, 0.25) is 0 Å². The van der Waals surface area contributed by atoms with Gasteiger partial charge in [0.25, 0.3) is 10.0 Å². The molecule has 170 valence electrons. The van der Waals surface area contributed by atoms with Crippen molar-refractivity contribution in [2.75, 3.05) is 18.5 Å². The number of hydrogen-bond acceptors (Lipinski definition) is 7. The maximum absolute atomic E-state index is 13.3. The van der Waals surface area contributed by atoms with Gasteiger partial charge in [-0.1, -0.05) is 30.3 Å². The van der Waals surface area contributed by atoms with Crippen molar-refractivity contribution in [1.82, 2.24) is 4.98 Å². The Bertz CT molecular complexity index is 1400. The normalized spacial score (nSPS) is 11.4. The monoisotopic (exact) mass is 482 g/mol. The molecule has 0 unspecified atom stereocenters. The summed E-state index contributed by atoms with van der Waals surface area (Å²) in [6.45, 7) is 1.74. The van der Waals surface area contributed by atoms with Gasteiger partial charge in [-0.25, -0.2) is 18.2 Å². The molecule has 0 fully saturated rings. The molecule has 0 saturated carbocycles. The van der Waals surface area contributed by atoms with Crippen LogP contribution in [0.15, 0.2) is 71.6 Å². The number of fused-ring (bicyclic) bond motifs is 1. The van der Waals surface area contributed by atoms with Gasteiger partial charge in [-0.2, -0.15) is 0 Å². The molecule has 4 rings (SSSR count). The smallest absolute Gasteiger partial charge is 0.338 e. The second-order valence-corrected chi connectivity index (χ2v) is 10.4. The minimum absolute atomic E-state index is 0.00964. The van der Waals surface area contributed by atoms with Gasteiger partial charge in [-0.3, -0.25) is 4.31 Å². The Morgan fingerprint density at radius 1 is 1.06 bits per heavy atom. The molecule has 1 heterocycles. The van der Waals surface area contributed by atoms with E-state index < -0.39 is 16.0 Å². The first-order valence-corrected chi connectivity index (χ1v) is 12.3. The van der Waals surface area contributed by atoms with Gasteiger partial charge in [-0.05, 0) is 48.9 Å². The number of anilines is 1. The number of thiazole rings is 1. The molecule has 9 heteroatoms. The van der Waals surface area contributed by atoms with E-state index in [1.54, 1.807) is 37.3 Å². The number of hydrogen-bond donors (Lipinski definition) is 0. The number of carbonyl (C=O) groups is 1. The molecule has 1 aromatic heterocycles. The van der Waals surface area contributed by atoms with E-state index >= 15 is 0 Å². The summed E-state index contributed by atoms with van der Waals surface area (Å²) < 4.78 is 39.4. The van der Waals surface area contributed by atoms with Gasteiger partial charge in [0.2, 0.25) is 0 Å². The first-order chi connectivity index (χ1) is 15.8. The van der Waals surface area contributed by atoms with Crippen molar-refractivity contribution in [3.8, 4) is 5.75 Å². The van der Waals surface area contributed by atoms with Gasteiger partial charge >= 0.3 is 5.97 Å². The van der Waals surface area contributed by atoms with E-state index in [0.29, 0.717) is 22.0 Å². The van der Waals surface area contributed by atoms with Crippen molar-refractivity contribution in [3.05, 3.63) is 82.9 Å². The predicted molar refractivity (Wildman–Crippen MR) is 129 cm³/mol. The third kappa shape index (κ3) is 4.55. The summed E-state index contributed by atoms with van der Waals surface area (Å²) in [5.41, 5.74) is 2.03. The molecule has 0 saturated heterocycles. The Labute approximate surface area is 196 Å². The number of methoxy groups -OCH3 is 1. The van der Waals surface area contributed by atoms with E-state index in [0.717, 1.165) is 14.5 Å². The molecule has 0 amide bonds. The Balaban J connectivity index is 1.58. The lowest BCUT2D eigenvalue weighted by atomic mass is 10.1. The lowest BCUT2D eigenvalue weighted by Gasteiger charge is -2.22. The number of esters is 1. The fourth-order valence-corrected chi connectivity index (χ4v) is 5.46. The van der Waals surface area contributed by atoms with E-state index in [2.05, 4.69) is 4.98 Å². The maximum atomic E-state index is 13.3. The van der Waals surface area contributed by atoms with Crippen LogP contribution in [0.5, 0.6) is 5.75 Å². The topological polar surface area (TPSA) is 85.8 Å². The van der Waals surface area contributed by atoms with Gasteiger partial charge in [0.05, 0.1) is 33.5 Å². The third-order valence-corrected chi connectivity index (χ3v) is 7.95. The Morgan fingerprint density at radius 3 is 2.55 bits per heavy atom. The minimum Gasteiger partial charge on any atom is -0.495 e. The van der Waals surface area contributed by atoms with Crippen molar-refractivity contribution in [2.45, 2.75) is 18.4 Å². The van der Waals surface area contributed by atoms with Crippen LogP contribution in [0.3, 0.4) is 0 Å². The summed E-state index contributed by atoms with van der Waals surface area (Å²) in [4.78, 5) is 17.2. The molecule has 0 aliphatic rings. The van der Waals surface area contributed by atoms with Gasteiger partial charge in [-0.15, -0.1) is 11.3 Å². The van der Waals surface area contributed by atoms with Crippen molar-refractivity contribution >= 4 is 43.2 Å². The highest BCUT2D eigenvalue weighted by Gasteiger charge is 2.25. The van der Waals surface area contributed by atoms with E-state index in [1.165, 1.54) is 37.6 Å². The first-order valence-electron chi connectivity index (χ1n) is 10.1. The predicted octanol–water partition coefficient (Wildman–Crippen LogP) is 4.80. The molecule has 0 atom stereocenters. The van der Waals surface area contributed by atoms with Crippen LogP contribution in [-0.2, 0) is 21.4 Å². The average molecular weight is 483 g/mol. The fraction of sp³-hybridized carbons (Fsp3) is 0.167. The SMILES string of the molecule is COc1ccccc1N(C)S(=O)(=O)c1ccc(C)c(C(=O)OCc2nc3ccccc3s2)c1. The number of para-hydroxylation sites is 3. The summed E-state index contributed by atoms with van der Waals surface area (Å²) >= 11 is 1.45. The summed E-state index contributed by atoms with van der Waals surface area (Å²) in [7, 11) is -1.03. The highest BCUT2D eigenvalue weighted by atomic mass is 32.2. The number of rotatable bonds is 7. The summed E-state index contributed by atoms with van der Waals surface area (Å²) in [5, 5.41) is 0.668. The molecular weight excluding hydrogens is 460 g/mol. The van der Waals surface area contributed by atoms with Crippen molar-refractivity contribution in [3.63, 3.8) is 0 Å². The van der Waals surface area contributed by atoms with Crippen LogP contribution in [0.25, 0.3) is 10.2 Å². The quantitative estimate of drug-likeness (QED) is 0.352. The average Bonchev–Trinajstić information content (AvgIpc) is 3.25. The zero-order chi connectivity index (χ0) is 23.6. The number of sulfonamides is 1. The van der Waals surface area contributed by atoms with Gasteiger partial charge in [0, 0.05) is 7.05 Å². The molecule has 33 heavy (non-hydrogen) atoms. The van der Waals surface area contributed by atoms with Crippen LogP contribution in [0, 0.1) is 6.92 Å². The minimum atomic E-state index is -3.95. The summed E-state index contributed by atoms with van der Waals surface area (Å²) in [6.07, 6.45) is 0. The Hall–Kier alpha value is -3.43. The molecular formula is C24H22N2O5S2. The molecule has 7 nitrogen and oxygen atoms in total. The summed E-state index contributed by atoms with van der Waals surface area (Å²) in [5.74, 6) is -0.185. The van der Waals surface area contributed by atoms with Crippen LogP contribution in [0.4, 0.5) is 5.69 Å². The molecule has 0 spiro atoms. The third-order valence-electron chi connectivity index (χ3n) is 5.18. The number of aromatic nitrogens is 1. The molecule has 0 radical (unpaired) electrons. The highest BCUT2D eigenvalue weighted by Crippen LogP contribution is 2.31. The zero-order valence-corrected chi connectivity index (χ0v) is 19.9. The Morgan fingerprint density at radius 2 is 1.79 bits per heavy atom. The highest BCUT2D eigenvalue weighted by molar-refractivity contribution is 7.92. The second kappa shape index (κ2) is 9.21. The van der Waals surface area contributed by atoms with Crippen molar-refractivity contribution in [2.24, 2.45) is 0 Å². The van der Waals surface area contributed by atoms with Crippen LogP contribution < -0.4 is 9.04 Å². The molecule has 4 aromatic rings. The number of aryl methyl sites for hydroxylation is 1. The molecule has 0 N–H and O–H groups in total. The maximum Gasteiger partial charge on any atom is 0.338 e. The van der Waals surface area contributed by atoms with E-state index in [9.17, 15) is 13.2 Å². The molecule has 3 aromatic carbocycles. The number of benzene rings is 3. The van der Waals surface area contributed by atoms with E-state index in [-0.39, 0.29) is 17.1 Å². The fourth-order valence-electron chi connectivity index (χ4n) is 3.35. The largest absolute Gasteiger partial charge is 0.495 e. The van der Waals surface area contributed by atoms with E-state index in [1.807, 2.05) is 24.3 Å². The molecule has 0 bridgehead atoms. The Kier molecular flexibility index (Phi) is 6.35. The van der Waals surface area contributed by atoms with Gasteiger partial charge < -0.3 is 9.47 Å². The van der Waals surface area contributed by atoms with Gasteiger partial charge in [0.1, 0.15) is 17.4 Å². The number of ether oxygens (including phenoxy) is 2. The van der Waals surface area contributed by atoms with Crippen LogP contribution in [0.1, 0.15) is 20.9 Å². The molecule has 0 aliphatic carbocycles. The summed E-state index contributed by atoms with van der Waals surface area (Å²) in [6, 6.07) is 18.9. The van der Waals surface area contributed by atoms with E-state index in [4.69, 9.17) is 9.47 Å².